The average molecular weight is 254 g/mol. The van der Waals surface area contributed by atoms with E-state index in [1.807, 2.05) is 0 Å². The fourth-order valence-electron chi connectivity index (χ4n) is 2.57. The molecule has 0 N–H and O–H groups in total. The van der Waals surface area contributed by atoms with Gasteiger partial charge in [0.25, 0.3) is 0 Å². The number of ether oxygens (including phenoxy) is 1. The van der Waals surface area contributed by atoms with Crippen LogP contribution < -0.4 is 0 Å². The number of ketones is 1. The van der Waals surface area contributed by atoms with Crippen LogP contribution in [0.4, 0.5) is 8.78 Å². The maximum absolute atomic E-state index is 13.5. The highest BCUT2D eigenvalue weighted by Gasteiger charge is 2.41. The van der Waals surface area contributed by atoms with Crippen LogP contribution in [0.2, 0.25) is 0 Å². The van der Waals surface area contributed by atoms with E-state index in [0.29, 0.717) is 12.8 Å². The molecule has 4 heteroatoms. The molecule has 0 atom stereocenters. The van der Waals surface area contributed by atoms with E-state index in [0.717, 1.165) is 12.8 Å². The van der Waals surface area contributed by atoms with Gasteiger partial charge in [-0.3, -0.25) is 4.79 Å². The van der Waals surface area contributed by atoms with Gasteiger partial charge in [-0.15, -0.1) is 0 Å². The first-order valence-corrected chi connectivity index (χ1v) is 6.10. The summed E-state index contributed by atoms with van der Waals surface area (Å²) in [7, 11) is 1.49. The molecular formula is C14H16F2O2. The van der Waals surface area contributed by atoms with Crippen molar-refractivity contribution in [3.63, 3.8) is 0 Å². The summed E-state index contributed by atoms with van der Waals surface area (Å²) in [6.07, 6.45) is 2.86. The van der Waals surface area contributed by atoms with Crippen LogP contribution in [0.1, 0.15) is 31.2 Å². The van der Waals surface area contributed by atoms with E-state index in [4.69, 9.17) is 4.74 Å². The zero-order valence-corrected chi connectivity index (χ0v) is 10.3. The first-order chi connectivity index (χ1) is 8.59. The van der Waals surface area contributed by atoms with E-state index >= 15 is 0 Å². The quantitative estimate of drug-likeness (QED) is 0.825. The van der Waals surface area contributed by atoms with Gasteiger partial charge in [-0.1, -0.05) is 6.07 Å². The van der Waals surface area contributed by atoms with Crippen LogP contribution in [0.15, 0.2) is 18.2 Å². The number of carbonyl (C=O) groups is 1. The SMILES string of the molecule is COC1(C(=O)Cc2c(F)cccc2F)CCCC1. The molecule has 2 rings (SSSR count). The normalized spacial score (nSPS) is 17.9. The number of Topliss-reactive ketones (excluding diaryl/α,β-unsaturated/α-hetero) is 1. The Morgan fingerprint density at radius 2 is 1.83 bits per heavy atom. The number of halogens is 2. The third-order valence-corrected chi connectivity index (χ3v) is 3.71. The largest absolute Gasteiger partial charge is 0.370 e. The number of methoxy groups -OCH3 is 1. The first kappa shape index (κ1) is 13.1. The maximum Gasteiger partial charge on any atom is 0.169 e. The summed E-state index contributed by atoms with van der Waals surface area (Å²) < 4.78 is 32.3. The van der Waals surface area contributed by atoms with E-state index in [-0.39, 0.29) is 17.8 Å². The van der Waals surface area contributed by atoms with Gasteiger partial charge in [0.1, 0.15) is 17.2 Å². The van der Waals surface area contributed by atoms with Crippen molar-refractivity contribution in [2.24, 2.45) is 0 Å². The molecule has 0 aromatic heterocycles. The highest BCUT2D eigenvalue weighted by atomic mass is 19.1. The molecule has 0 spiro atoms. The third kappa shape index (κ3) is 2.29. The molecule has 1 fully saturated rings. The van der Waals surface area contributed by atoms with Gasteiger partial charge in [0.05, 0.1) is 0 Å². The van der Waals surface area contributed by atoms with E-state index in [2.05, 4.69) is 0 Å². The summed E-state index contributed by atoms with van der Waals surface area (Å²) >= 11 is 0. The molecule has 98 valence electrons. The molecule has 18 heavy (non-hydrogen) atoms. The highest BCUT2D eigenvalue weighted by Crippen LogP contribution is 2.34. The number of rotatable bonds is 4. The van der Waals surface area contributed by atoms with Crippen molar-refractivity contribution in [3.8, 4) is 0 Å². The van der Waals surface area contributed by atoms with E-state index in [1.165, 1.54) is 25.3 Å². The molecule has 1 aliphatic carbocycles. The van der Waals surface area contributed by atoms with Gasteiger partial charge in [0.2, 0.25) is 0 Å². The van der Waals surface area contributed by atoms with Crippen molar-refractivity contribution in [1.29, 1.82) is 0 Å². The van der Waals surface area contributed by atoms with Gasteiger partial charge in [0.15, 0.2) is 5.78 Å². The topological polar surface area (TPSA) is 26.3 Å². The highest BCUT2D eigenvalue weighted by molar-refractivity contribution is 5.89. The fourth-order valence-corrected chi connectivity index (χ4v) is 2.57. The minimum absolute atomic E-state index is 0.161. The lowest BCUT2D eigenvalue weighted by Crippen LogP contribution is -2.39. The Labute approximate surface area is 105 Å². The Kier molecular flexibility index (Phi) is 3.76. The number of hydrogen-bond donors (Lipinski definition) is 0. The average Bonchev–Trinajstić information content (AvgIpc) is 2.84. The zero-order valence-electron chi connectivity index (χ0n) is 10.3. The van der Waals surface area contributed by atoms with Crippen LogP contribution in [0.3, 0.4) is 0 Å². The predicted octanol–water partition coefficient (Wildman–Crippen LogP) is 3.04. The molecule has 1 aromatic carbocycles. The number of hydrogen-bond acceptors (Lipinski definition) is 2. The minimum atomic E-state index is -0.839. The Morgan fingerprint density at radius 1 is 1.28 bits per heavy atom. The molecule has 0 aliphatic heterocycles. The van der Waals surface area contributed by atoms with Gasteiger partial charge in [-0.25, -0.2) is 8.78 Å². The second-order valence-corrected chi connectivity index (χ2v) is 4.71. The second-order valence-electron chi connectivity index (χ2n) is 4.71. The first-order valence-electron chi connectivity index (χ1n) is 6.10. The number of benzene rings is 1. The molecule has 0 amide bonds. The lowest BCUT2D eigenvalue weighted by molar-refractivity contribution is -0.139. The summed E-state index contributed by atoms with van der Waals surface area (Å²) in [4.78, 5) is 12.2. The van der Waals surface area contributed by atoms with Crippen LogP contribution in [0.5, 0.6) is 0 Å². The van der Waals surface area contributed by atoms with E-state index < -0.39 is 17.2 Å². The van der Waals surface area contributed by atoms with Crippen molar-refractivity contribution in [3.05, 3.63) is 35.4 Å². The monoisotopic (exact) mass is 254 g/mol. The smallest absolute Gasteiger partial charge is 0.169 e. The summed E-state index contributed by atoms with van der Waals surface area (Å²) in [5.74, 6) is -1.58. The van der Waals surface area contributed by atoms with Crippen molar-refractivity contribution in [2.75, 3.05) is 7.11 Å². The van der Waals surface area contributed by atoms with Gasteiger partial charge in [-0.05, 0) is 37.8 Å². The third-order valence-electron chi connectivity index (χ3n) is 3.71. The molecule has 0 heterocycles. The summed E-state index contributed by atoms with van der Waals surface area (Å²) in [5, 5.41) is 0. The lowest BCUT2D eigenvalue weighted by Gasteiger charge is -2.25. The molecule has 1 saturated carbocycles. The van der Waals surface area contributed by atoms with Crippen molar-refractivity contribution in [2.45, 2.75) is 37.7 Å². The van der Waals surface area contributed by atoms with Crippen molar-refractivity contribution >= 4 is 5.78 Å². The van der Waals surface area contributed by atoms with Crippen LogP contribution in [-0.2, 0) is 16.0 Å². The molecule has 0 unspecified atom stereocenters. The van der Waals surface area contributed by atoms with Crippen LogP contribution in [0, 0.1) is 11.6 Å². The lowest BCUT2D eigenvalue weighted by atomic mass is 9.91. The second kappa shape index (κ2) is 5.14. The molecule has 0 radical (unpaired) electrons. The predicted molar refractivity (Wildman–Crippen MR) is 63.3 cm³/mol. The number of carbonyl (C=O) groups excluding carboxylic acids is 1. The Hall–Kier alpha value is -1.29. The zero-order chi connectivity index (χ0) is 13.2. The Bertz CT molecular complexity index is 431. The minimum Gasteiger partial charge on any atom is -0.370 e. The van der Waals surface area contributed by atoms with E-state index in [9.17, 15) is 13.6 Å². The van der Waals surface area contributed by atoms with Gasteiger partial charge >= 0.3 is 0 Å². The van der Waals surface area contributed by atoms with Crippen molar-refractivity contribution in [1.82, 2.24) is 0 Å². The Morgan fingerprint density at radius 3 is 2.33 bits per heavy atom. The van der Waals surface area contributed by atoms with E-state index in [1.54, 1.807) is 0 Å². The molecular weight excluding hydrogens is 238 g/mol. The van der Waals surface area contributed by atoms with Gasteiger partial charge < -0.3 is 4.74 Å². The molecule has 2 nitrogen and oxygen atoms in total. The maximum atomic E-state index is 13.5. The van der Waals surface area contributed by atoms with Gasteiger partial charge in [0, 0.05) is 19.1 Å². The van der Waals surface area contributed by atoms with Gasteiger partial charge in [-0.2, -0.15) is 0 Å². The Balaban J connectivity index is 2.21. The molecule has 0 saturated heterocycles. The summed E-state index contributed by atoms with van der Waals surface area (Å²) in [5.41, 5.74) is -1.000. The van der Waals surface area contributed by atoms with Crippen LogP contribution in [-0.4, -0.2) is 18.5 Å². The molecule has 1 aliphatic rings. The molecule has 0 bridgehead atoms. The summed E-state index contributed by atoms with van der Waals surface area (Å²) in [6, 6.07) is 3.62. The summed E-state index contributed by atoms with van der Waals surface area (Å²) in [6.45, 7) is 0. The van der Waals surface area contributed by atoms with Crippen LogP contribution >= 0.6 is 0 Å². The standard InChI is InChI=1S/C14H16F2O2/c1-18-14(7-2-3-8-14)13(17)9-10-11(15)5-4-6-12(10)16/h4-6H,2-3,7-9H2,1H3. The van der Waals surface area contributed by atoms with Crippen molar-refractivity contribution < 1.29 is 18.3 Å². The fraction of sp³-hybridized carbons (Fsp3) is 0.500. The molecule has 1 aromatic rings. The van der Waals surface area contributed by atoms with Crippen LogP contribution in [0.25, 0.3) is 0 Å².